The van der Waals surface area contributed by atoms with Crippen LogP contribution in [0.25, 0.3) is 0 Å². The molecule has 1 aromatic heterocycles. The minimum absolute atomic E-state index is 0. The predicted octanol–water partition coefficient (Wildman–Crippen LogP) is 2.29. The standard InChI is InChI=1S/C17H26N4O2.ClH/c1-12-19-15(23-20-12)13-5-8-21(9-6-13)16(22)17-7-3-2-4-14(17)10-18-11-17;/h13-14,18H,2-11H2,1H3;1H/t14-,17+;/m0./s1. The molecule has 7 heteroatoms. The van der Waals surface area contributed by atoms with Crippen LogP contribution in [0.3, 0.4) is 0 Å². The van der Waals surface area contributed by atoms with Crippen molar-refractivity contribution in [1.82, 2.24) is 20.4 Å². The topological polar surface area (TPSA) is 71.3 Å². The van der Waals surface area contributed by atoms with Crippen molar-refractivity contribution in [1.29, 1.82) is 0 Å². The van der Waals surface area contributed by atoms with Crippen LogP contribution in [0.4, 0.5) is 0 Å². The zero-order valence-electron chi connectivity index (χ0n) is 14.3. The number of rotatable bonds is 2. The minimum Gasteiger partial charge on any atom is -0.342 e. The number of nitrogens with zero attached hydrogens (tertiary/aromatic N) is 3. The zero-order valence-corrected chi connectivity index (χ0v) is 15.1. The van der Waals surface area contributed by atoms with E-state index in [9.17, 15) is 4.79 Å². The molecule has 3 fully saturated rings. The van der Waals surface area contributed by atoms with Crippen LogP contribution < -0.4 is 5.32 Å². The summed E-state index contributed by atoms with van der Waals surface area (Å²) in [4.78, 5) is 19.7. The summed E-state index contributed by atoms with van der Waals surface area (Å²) in [5.74, 6) is 2.68. The van der Waals surface area contributed by atoms with E-state index in [1.165, 1.54) is 19.3 Å². The molecule has 1 saturated carbocycles. The molecule has 134 valence electrons. The number of likely N-dealkylation sites (tertiary alicyclic amines) is 1. The monoisotopic (exact) mass is 354 g/mol. The third kappa shape index (κ3) is 2.94. The molecule has 0 spiro atoms. The van der Waals surface area contributed by atoms with E-state index in [0.717, 1.165) is 51.3 Å². The molecule has 1 aromatic rings. The maximum absolute atomic E-state index is 13.2. The molecule has 0 radical (unpaired) electrons. The lowest BCUT2D eigenvalue weighted by molar-refractivity contribution is -0.146. The lowest BCUT2D eigenvalue weighted by atomic mass is 9.67. The van der Waals surface area contributed by atoms with E-state index >= 15 is 0 Å². The molecule has 1 N–H and O–H groups in total. The molecule has 0 unspecified atom stereocenters. The number of piperidine rings is 1. The minimum atomic E-state index is -0.119. The molecule has 2 saturated heterocycles. The molecule has 6 nitrogen and oxygen atoms in total. The van der Waals surface area contributed by atoms with Gasteiger partial charge >= 0.3 is 0 Å². The van der Waals surface area contributed by atoms with Gasteiger partial charge in [-0.05, 0) is 45.1 Å². The van der Waals surface area contributed by atoms with E-state index in [1.807, 2.05) is 6.92 Å². The molecule has 0 bridgehead atoms. The zero-order chi connectivity index (χ0) is 15.9. The average molecular weight is 355 g/mol. The van der Waals surface area contributed by atoms with Gasteiger partial charge in [0.05, 0.1) is 5.41 Å². The summed E-state index contributed by atoms with van der Waals surface area (Å²) in [7, 11) is 0. The summed E-state index contributed by atoms with van der Waals surface area (Å²) in [6.45, 7) is 5.38. The molecule has 0 aromatic carbocycles. The Hall–Kier alpha value is -1.14. The van der Waals surface area contributed by atoms with Gasteiger partial charge in [-0.2, -0.15) is 4.98 Å². The third-order valence-corrected chi connectivity index (χ3v) is 6.14. The number of hydrogen-bond acceptors (Lipinski definition) is 5. The number of amides is 1. The smallest absolute Gasteiger partial charge is 0.230 e. The lowest BCUT2D eigenvalue weighted by Gasteiger charge is -2.42. The Kier molecular flexibility index (Phi) is 5.16. The van der Waals surface area contributed by atoms with Gasteiger partial charge in [0.1, 0.15) is 0 Å². The normalized spacial score (nSPS) is 30.7. The third-order valence-electron chi connectivity index (χ3n) is 6.14. The van der Waals surface area contributed by atoms with Gasteiger partial charge in [-0.3, -0.25) is 4.79 Å². The number of nitrogens with one attached hydrogen (secondary N) is 1. The maximum atomic E-state index is 13.2. The van der Waals surface area contributed by atoms with Crippen molar-refractivity contribution in [2.24, 2.45) is 11.3 Å². The van der Waals surface area contributed by atoms with Crippen molar-refractivity contribution in [2.75, 3.05) is 26.2 Å². The first-order valence-corrected chi connectivity index (χ1v) is 8.99. The largest absolute Gasteiger partial charge is 0.342 e. The van der Waals surface area contributed by atoms with E-state index in [-0.39, 0.29) is 17.8 Å². The highest BCUT2D eigenvalue weighted by Crippen LogP contribution is 2.45. The Morgan fingerprint density at radius 3 is 2.79 bits per heavy atom. The van der Waals surface area contributed by atoms with Crippen LogP contribution in [0, 0.1) is 18.3 Å². The van der Waals surface area contributed by atoms with Crippen LogP contribution in [0.1, 0.15) is 56.2 Å². The molecule has 2 atom stereocenters. The van der Waals surface area contributed by atoms with E-state index in [0.29, 0.717) is 23.6 Å². The van der Waals surface area contributed by atoms with Gasteiger partial charge in [-0.1, -0.05) is 18.0 Å². The van der Waals surface area contributed by atoms with Crippen LogP contribution >= 0.6 is 12.4 Å². The van der Waals surface area contributed by atoms with Gasteiger partial charge in [0.2, 0.25) is 11.8 Å². The fraction of sp³-hybridized carbons (Fsp3) is 0.824. The summed E-state index contributed by atoms with van der Waals surface area (Å²) in [6, 6.07) is 0. The van der Waals surface area contributed by atoms with Gasteiger partial charge < -0.3 is 14.7 Å². The van der Waals surface area contributed by atoms with E-state index in [4.69, 9.17) is 4.52 Å². The van der Waals surface area contributed by atoms with Crippen LogP contribution in [0.2, 0.25) is 0 Å². The van der Waals surface area contributed by atoms with Crippen molar-refractivity contribution in [3.63, 3.8) is 0 Å². The molecule has 1 aliphatic carbocycles. The lowest BCUT2D eigenvalue weighted by Crippen LogP contribution is -2.51. The summed E-state index contributed by atoms with van der Waals surface area (Å²) in [6.07, 6.45) is 6.60. The first-order valence-electron chi connectivity index (χ1n) is 8.99. The summed E-state index contributed by atoms with van der Waals surface area (Å²) in [5.41, 5.74) is -0.119. The van der Waals surface area contributed by atoms with Crippen LogP contribution in [-0.4, -0.2) is 47.1 Å². The van der Waals surface area contributed by atoms with Crippen LogP contribution in [-0.2, 0) is 4.79 Å². The Balaban J connectivity index is 0.00000169. The van der Waals surface area contributed by atoms with Crippen molar-refractivity contribution < 1.29 is 9.32 Å². The Labute approximate surface area is 149 Å². The van der Waals surface area contributed by atoms with Crippen LogP contribution in [0.5, 0.6) is 0 Å². The van der Waals surface area contributed by atoms with E-state index in [1.54, 1.807) is 0 Å². The predicted molar refractivity (Wildman–Crippen MR) is 92.1 cm³/mol. The van der Waals surface area contributed by atoms with Gasteiger partial charge in [-0.25, -0.2) is 0 Å². The van der Waals surface area contributed by atoms with Crippen molar-refractivity contribution in [2.45, 2.75) is 51.4 Å². The van der Waals surface area contributed by atoms with E-state index in [2.05, 4.69) is 20.4 Å². The highest BCUT2D eigenvalue weighted by Gasteiger charge is 2.51. The molecule has 4 rings (SSSR count). The van der Waals surface area contributed by atoms with Crippen LogP contribution in [0.15, 0.2) is 4.52 Å². The molecule has 1 amide bonds. The second kappa shape index (κ2) is 7.00. The van der Waals surface area contributed by atoms with Crippen molar-refractivity contribution >= 4 is 18.3 Å². The number of aryl methyl sites for hydroxylation is 1. The maximum Gasteiger partial charge on any atom is 0.230 e. The Bertz CT molecular complexity index is 585. The Morgan fingerprint density at radius 2 is 2.08 bits per heavy atom. The summed E-state index contributed by atoms with van der Waals surface area (Å²) in [5, 5.41) is 7.37. The SMILES string of the molecule is Cc1noc(C2CCN(C(=O)[C@@]34CCCC[C@H]3CNC4)CC2)n1.Cl. The second-order valence-corrected chi connectivity index (χ2v) is 7.48. The molecule has 24 heavy (non-hydrogen) atoms. The number of carbonyl (C=O) groups excluding carboxylic acids is 1. The molecular formula is C17H27ClN4O2. The first kappa shape index (κ1) is 17.7. The highest BCUT2D eigenvalue weighted by atomic mass is 35.5. The number of fused-ring (bicyclic) bond motifs is 1. The number of hydrogen-bond donors (Lipinski definition) is 1. The van der Waals surface area contributed by atoms with Gasteiger partial charge in [-0.15, -0.1) is 12.4 Å². The highest BCUT2D eigenvalue weighted by molar-refractivity contribution is 5.85. The first-order chi connectivity index (χ1) is 11.2. The number of carbonyl (C=O) groups is 1. The van der Waals surface area contributed by atoms with E-state index < -0.39 is 0 Å². The average Bonchev–Trinajstić information content (AvgIpc) is 3.21. The fourth-order valence-electron chi connectivity index (χ4n) is 4.79. The molecular weight excluding hydrogens is 328 g/mol. The second-order valence-electron chi connectivity index (χ2n) is 7.48. The van der Waals surface area contributed by atoms with Gasteiger partial charge in [0.25, 0.3) is 0 Å². The number of aromatic nitrogens is 2. The van der Waals surface area contributed by atoms with Gasteiger partial charge in [0, 0.05) is 25.6 Å². The molecule has 2 aliphatic heterocycles. The Morgan fingerprint density at radius 1 is 1.29 bits per heavy atom. The van der Waals surface area contributed by atoms with Crippen molar-refractivity contribution in [3.05, 3.63) is 11.7 Å². The molecule has 3 aliphatic rings. The number of halogens is 1. The fourth-order valence-corrected chi connectivity index (χ4v) is 4.79. The summed E-state index contributed by atoms with van der Waals surface area (Å²) < 4.78 is 5.31. The molecule has 3 heterocycles. The van der Waals surface area contributed by atoms with Gasteiger partial charge in [0.15, 0.2) is 5.82 Å². The summed E-state index contributed by atoms with van der Waals surface area (Å²) >= 11 is 0. The quantitative estimate of drug-likeness (QED) is 0.882. The van der Waals surface area contributed by atoms with Crippen molar-refractivity contribution in [3.8, 4) is 0 Å².